The van der Waals surface area contributed by atoms with Gasteiger partial charge in [0.2, 0.25) is 5.91 Å². The highest BCUT2D eigenvalue weighted by Crippen LogP contribution is 2.35. The molecule has 0 radical (unpaired) electrons. The number of carboxylic acid groups (broad SMARTS) is 1. The Labute approximate surface area is 115 Å². The Balaban J connectivity index is 2.06. The maximum absolute atomic E-state index is 12.7. The predicted molar refractivity (Wildman–Crippen MR) is 72.7 cm³/mol. The largest absolute Gasteiger partial charge is 0.481 e. The first-order valence-electron chi connectivity index (χ1n) is 7.68. The number of carbonyl (C=O) groups excluding carboxylic acids is 1. The van der Waals surface area contributed by atoms with E-state index in [1.54, 1.807) is 0 Å². The zero-order valence-corrected chi connectivity index (χ0v) is 11.8. The van der Waals surface area contributed by atoms with Crippen molar-refractivity contribution in [2.24, 2.45) is 11.8 Å². The Morgan fingerprint density at radius 3 is 2.53 bits per heavy atom. The van der Waals surface area contributed by atoms with Crippen LogP contribution in [0, 0.1) is 11.8 Å². The van der Waals surface area contributed by atoms with Crippen LogP contribution in [0.1, 0.15) is 58.3 Å². The summed E-state index contributed by atoms with van der Waals surface area (Å²) in [5.41, 5.74) is 0. The first-order valence-corrected chi connectivity index (χ1v) is 7.68. The van der Waals surface area contributed by atoms with Crippen LogP contribution in [0.3, 0.4) is 0 Å². The topological polar surface area (TPSA) is 57.6 Å². The van der Waals surface area contributed by atoms with Gasteiger partial charge in [-0.3, -0.25) is 9.59 Å². The molecular formula is C15H25NO3. The van der Waals surface area contributed by atoms with E-state index < -0.39 is 11.9 Å². The minimum absolute atomic E-state index is 0.114. The van der Waals surface area contributed by atoms with Crippen molar-refractivity contribution >= 4 is 11.9 Å². The average Bonchev–Trinajstić information content (AvgIpc) is 2.88. The molecule has 1 N–H and O–H groups in total. The van der Waals surface area contributed by atoms with E-state index in [1.807, 2.05) is 4.90 Å². The average molecular weight is 267 g/mol. The number of amides is 1. The highest BCUT2D eigenvalue weighted by Gasteiger charge is 2.41. The number of aliphatic carboxylic acids is 1. The van der Waals surface area contributed by atoms with E-state index in [0.29, 0.717) is 12.5 Å². The molecule has 1 aliphatic heterocycles. The van der Waals surface area contributed by atoms with Crippen molar-refractivity contribution in [1.82, 2.24) is 4.90 Å². The number of piperidine rings is 1. The van der Waals surface area contributed by atoms with Crippen LogP contribution in [-0.4, -0.2) is 34.5 Å². The molecule has 0 spiro atoms. The van der Waals surface area contributed by atoms with Crippen LogP contribution in [0.4, 0.5) is 0 Å². The van der Waals surface area contributed by atoms with Crippen molar-refractivity contribution in [2.75, 3.05) is 6.54 Å². The van der Waals surface area contributed by atoms with Gasteiger partial charge >= 0.3 is 5.97 Å². The zero-order chi connectivity index (χ0) is 13.8. The lowest BCUT2D eigenvalue weighted by Gasteiger charge is -2.38. The van der Waals surface area contributed by atoms with E-state index in [9.17, 15) is 14.7 Å². The molecule has 1 saturated carbocycles. The Hall–Kier alpha value is -1.06. The molecule has 0 aromatic heterocycles. The number of carbonyl (C=O) groups is 2. The third kappa shape index (κ3) is 3.10. The maximum atomic E-state index is 12.7. The molecule has 1 aliphatic carbocycles. The van der Waals surface area contributed by atoms with Crippen molar-refractivity contribution in [3.63, 3.8) is 0 Å². The number of likely N-dealkylation sites (tertiary alicyclic amines) is 1. The molecule has 1 heterocycles. The molecule has 4 heteroatoms. The Bertz CT molecular complexity index is 340. The van der Waals surface area contributed by atoms with Crippen LogP contribution < -0.4 is 0 Å². The lowest BCUT2D eigenvalue weighted by atomic mass is 9.91. The van der Waals surface area contributed by atoms with Crippen LogP contribution in [0.5, 0.6) is 0 Å². The van der Waals surface area contributed by atoms with E-state index >= 15 is 0 Å². The number of hydrogen-bond acceptors (Lipinski definition) is 2. The molecule has 3 atom stereocenters. The summed E-state index contributed by atoms with van der Waals surface area (Å²) in [5, 5.41) is 9.23. The van der Waals surface area contributed by atoms with Gasteiger partial charge in [0.05, 0.1) is 11.8 Å². The van der Waals surface area contributed by atoms with Crippen molar-refractivity contribution < 1.29 is 14.7 Å². The fourth-order valence-corrected chi connectivity index (χ4v) is 3.69. The monoisotopic (exact) mass is 267 g/mol. The minimum atomic E-state index is -0.792. The van der Waals surface area contributed by atoms with Crippen molar-refractivity contribution in [2.45, 2.75) is 64.3 Å². The number of carboxylic acids is 1. The van der Waals surface area contributed by atoms with Crippen molar-refractivity contribution in [1.29, 1.82) is 0 Å². The Kier molecular flexibility index (Phi) is 4.83. The molecule has 4 nitrogen and oxygen atoms in total. The number of rotatable bonds is 4. The van der Waals surface area contributed by atoms with Crippen LogP contribution in [-0.2, 0) is 9.59 Å². The predicted octanol–water partition coefficient (Wildman–Crippen LogP) is 2.67. The first kappa shape index (κ1) is 14.4. The second-order valence-corrected chi connectivity index (χ2v) is 5.95. The fraction of sp³-hybridized carbons (Fsp3) is 0.867. The van der Waals surface area contributed by atoms with Gasteiger partial charge in [0.15, 0.2) is 0 Å². The van der Waals surface area contributed by atoms with Gasteiger partial charge in [0.25, 0.3) is 0 Å². The lowest BCUT2D eigenvalue weighted by Crippen LogP contribution is -2.47. The smallest absolute Gasteiger partial charge is 0.307 e. The summed E-state index contributed by atoms with van der Waals surface area (Å²) >= 11 is 0. The normalized spacial score (nSPS) is 31.4. The third-order valence-electron chi connectivity index (χ3n) is 4.68. The lowest BCUT2D eigenvalue weighted by molar-refractivity contribution is -0.150. The zero-order valence-electron chi connectivity index (χ0n) is 11.8. The molecule has 19 heavy (non-hydrogen) atoms. The molecule has 108 valence electrons. The van der Waals surface area contributed by atoms with Gasteiger partial charge < -0.3 is 10.0 Å². The number of hydrogen-bond donors (Lipinski definition) is 1. The van der Waals surface area contributed by atoms with E-state index in [-0.39, 0.29) is 11.8 Å². The summed E-state index contributed by atoms with van der Waals surface area (Å²) in [7, 11) is 0. The van der Waals surface area contributed by atoms with Crippen LogP contribution in [0.2, 0.25) is 0 Å². The molecule has 0 bridgehead atoms. The SMILES string of the molecule is CCCC1CCCCN1C(=O)C1CCCC1C(=O)O. The van der Waals surface area contributed by atoms with Gasteiger partial charge in [-0.15, -0.1) is 0 Å². The molecule has 1 saturated heterocycles. The maximum Gasteiger partial charge on any atom is 0.307 e. The van der Waals surface area contributed by atoms with Gasteiger partial charge in [0.1, 0.15) is 0 Å². The molecule has 1 amide bonds. The standard InChI is InChI=1S/C15H25NO3/c1-2-6-11-7-3-4-10-16(11)14(17)12-8-5-9-13(12)15(18)19/h11-13H,2-10H2,1H3,(H,18,19). The highest BCUT2D eigenvalue weighted by molar-refractivity contribution is 5.85. The van der Waals surface area contributed by atoms with Crippen molar-refractivity contribution in [3.05, 3.63) is 0 Å². The van der Waals surface area contributed by atoms with Gasteiger partial charge in [-0.25, -0.2) is 0 Å². The van der Waals surface area contributed by atoms with Crippen LogP contribution in [0.25, 0.3) is 0 Å². The molecule has 2 rings (SSSR count). The number of nitrogens with zero attached hydrogens (tertiary/aromatic N) is 1. The summed E-state index contributed by atoms with van der Waals surface area (Å²) in [6.45, 7) is 2.97. The molecule has 2 fully saturated rings. The Morgan fingerprint density at radius 1 is 1.11 bits per heavy atom. The summed E-state index contributed by atoms with van der Waals surface area (Å²) < 4.78 is 0. The van der Waals surface area contributed by atoms with E-state index in [2.05, 4.69) is 6.92 Å². The second kappa shape index (κ2) is 6.40. The first-order chi connectivity index (χ1) is 9.15. The second-order valence-electron chi connectivity index (χ2n) is 5.95. The fourth-order valence-electron chi connectivity index (χ4n) is 3.69. The summed E-state index contributed by atoms with van der Waals surface area (Å²) in [5.74, 6) is -1.39. The third-order valence-corrected chi connectivity index (χ3v) is 4.68. The van der Waals surface area contributed by atoms with E-state index in [4.69, 9.17) is 0 Å². The van der Waals surface area contributed by atoms with Gasteiger partial charge in [-0.2, -0.15) is 0 Å². The molecular weight excluding hydrogens is 242 g/mol. The van der Waals surface area contributed by atoms with Gasteiger partial charge in [-0.1, -0.05) is 19.8 Å². The summed E-state index contributed by atoms with van der Waals surface area (Å²) in [6, 6.07) is 0.348. The highest BCUT2D eigenvalue weighted by atomic mass is 16.4. The molecule has 3 unspecified atom stereocenters. The van der Waals surface area contributed by atoms with Gasteiger partial charge in [0, 0.05) is 12.6 Å². The summed E-state index contributed by atoms with van der Waals surface area (Å²) in [6.07, 6.45) is 7.78. The quantitative estimate of drug-likeness (QED) is 0.852. The molecule has 0 aromatic carbocycles. The van der Waals surface area contributed by atoms with Crippen LogP contribution in [0.15, 0.2) is 0 Å². The van der Waals surface area contributed by atoms with Gasteiger partial charge in [-0.05, 0) is 38.5 Å². The Morgan fingerprint density at radius 2 is 1.84 bits per heavy atom. The molecule has 0 aromatic rings. The molecule has 2 aliphatic rings. The van der Waals surface area contributed by atoms with E-state index in [1.165, 1.54) is 6.42 Å². The van der Waals surface area contributed by atoms with Crippen molar-refractivity contribution in [3.8, 4) is 0 Å². The summed E-state index contributed by atoms with van der Waals surface area (Å²) in [4.78, 5) is 25.9. The van der Waals surface area contributed by atoms with E-state index in [0.717, 1.165) is 45.1 Å². The van der Waals surface area contributed by atoms with Crippen LogP contribution >= 0.6 is 0 Å². The minimum Gasteiger partial charge on any atom is -0.481 e.